The SMILES string of the molecule is Cc1c(CN=[N+]=[N-])c2ccccc2n1C. The van der Waals surface area contributed by atoms with Crippen LogP contribution in [0.1, 0.15) is 11.3 Å². The molecule has 0 saturated heterocycles. The number of hydrogen-bond donors (Lipinski definition) is 0. The van der Waals surface area contributed by atoms with Gasteiger partial charge in [0.2, 0.25) is 0 Å². The van der Waals surface area contributed by atoms with Crippen LogP contribution >= 0.6 is 0 Å². The Bertz CT molecular complexity index is 547. The number of aryl methyl sites for hydroxylation is 1. The molecule has 0 aliphatic heterocycles. The van der Waals surface area contributed by atoms with Crippen molar-refractivity contribution in [3.8, 4) is 0 Å². The molecule has 0 radical (unpaired) electrons. The lowest BCUT2D eigenvalue weighted by Gasteiger charge is -1.98. The van der Waals surface area contributed by atoms with E-state index >= 15 is 0 Å². The lowest BCUT2D eigenvalue weighted by molar-refractivity contribution is 0.892. The molecule has 2 rings (SSSR count). The summed E-state index contributed by atoms with van der Waals surface area (Å²) in [7, 11) is 2.03. The number of benzene rings is 1. The van der Waals surface area contributed by atoms with Gasteiger partial charge in [0.15, 0.2) is 0 Å². The summed E-state index contributed by atoms with van der Waals surface area (Å²) < 4.78 is 2.12. The molecule has 0 fully saturated rings. The Labute approximate surface area is 87.8 Å². The van der Waals surface area contributed by atoms with E-state index in [-0.39, 0.29) is 0 Å². The molecule has 0 spiro atoms. The second kappa shape index (κ2) is 3.67. The van der Waals surface area contributed by atoms with E-state index in [4.69, 9.17) is 5.53 Å². The van der Waals surface area contributed by atoms with Gasteiger partial charge >= 0.3 is 0 Å². The molecular formula is C11H12N4. The first-order chi connectivity index (χ1) is 7.25. The summed E-state index contributed by atoms with van der Waals surface area (Å²) in [6, 6.07) is 8.15. The first-order valence-electron chi connectivity index (χ1n) is 4.79. The van der Waals surface area contributed by atoms with Gasteiger partial charge in [-0.05, 0) is 24.1 Å². The smallest absolute Gasteiger partial charge is 0.0534 e. The maximum atomic E-state index is 8.35. The van der Waals surface area contributed by atoms with E-state index in [1.54, 1.807) is 0 Å². The molecule has 0 saturated carbocycles. The monoisotopic (exact) mass is 200 g/mol. The first kappa shape index (κ1) is 9.62. The Morgan fingerprint density at radius 1 is 1.40 bits per heavy atom. The number of azide groups is 1. The topological polar surface area (TPSA) is 53.7 Å². The average Bonchev–Trinajstić information content (AvgIpc) is 2.51. The zero-order valence-electron chi connectivity index (χ0n) is 8.81. The fourth-order valence-corrected chi connectivity index (χ4v) is 1.90. The summed E-state index contributed by atoms with van der Waals surface area (Å²) in [4.78, 5) is 2.80. The molecule has 4 nitrogen and oxygen atoms in total. The summed E-state index contributed by atoms with van der Waals surface area (Å²) >= 11 is 0. The molecule has 15 heavy (non-hydrogen) atoms. The van der Waals surface area contributed by atoms with Gasteiger partial charge in [0.25, 0.3) is 0 Å². The zero-order chi connectivity index (χ0) is 10.8. The average molecular weight is 200 g/mol. The van der Waals surface area contributed by atoms with Gasteiger partial charge in [-0.25, -0.2) is 0 Å². The first-order valence-corrected chi connectivity index (χ1v) is 4.79. The van der Waals surface area contributed by atoms with Crippen molar-refractivity contribution >= 4 is 10.9 Å². The van der Waals surface area contributed by atoms with Crippen LogP contribution in [0, 0.1) is 6.92 Å². The van der Waals surface area contributed by atoms with Crippen molar-refractivity contribution < 1.29 is 0 Å². The van der Waals surface area contributed by atoms with E-state index in [9.17, 15) is 0 Å². The van der Waals surface area contributed by atoms with Crippen LogP contribution in [0.15, 0.2) is 29.4 Å². The van der Waals surface area contributed by atoms with Gasteiger partial charge in [-0.1, -0.05) is 23.3 Å². The number of hydrogen-bond acceptors (Lipinski definition) is 1. The van der Waals surface area contributed by atoms with Crippen molar-refractivity contribution in [2.75, 3.05) is 0 Å². The van der Waals surface area contributed by atoms with E-state index in [1.165, 1.54) is 10.9 Å². The molecule has 0 aliphatic carbocycles. The van der Waals surface area contributed by atoms with Gasteiger partial charge in [0.1, 0.15) is 0 Å². The molecule has 0 bridgehead atoms. The van der Waals surface area contributed by atoms with E-state index in [0.717, 1.165) is 11.3 Å². The van der Waals surface area contributed by atoms with Crippen molar-refractivity contribution in [1.29, 1.82) is 0 Å². The Balaban J connectivity index is 2.71. The second-order valence-corrected chi connectivity index (χ2v) is 3.53. The van der Waals surface area contributed by atoms with Crippen LogP contribution in [-0.4, -0.2) is 4.57 Å². The summed E-state index contributed by atoms with van der Waals surface area (Å²) in [6.45, 7) is 2.46. The lowest BCUT2D eigenvalue weighted by Crippen LogP contribution is -1.91. The maximum Gasteiger partial charge on any atom is 0.0534 e. The number of fused-ring (bicyclic) bond motifs is 1. The van der Waals surface area contributed by atoms with Crippen LogP contribution in [0.25, 0.3) is 21.3 Å². The molecule has 2 aromatic rings. The van der Waals surface area contributed by atoms with E-state index < -0.39 is 0 Å². The van der Waals surface area contributed by atoms with E-state index in [2.05, 4.69) is 26.7 Å². The van der Waals surface area contributed by atoms with Crippen LogP contribution in [0.3, 0.4) is 0 Å². The van der Waals surface area contributed by atoms with Gasteiger partial charge < -0.3 is 4.57 Å². The fourth-order valence-electron chi connectivity index (χ4n) is 1.90. The highest BCUT2D eigenvalue weighted by molar-refractivity contribution is 5.85. The molecule has 1 aromatic carbocycles. The summed E-state index contributed by atoms with van der Waals surface area (Å²) in [6.07, 6.45) is 0. The van der Waals surface area contributed by atoms with Gasteiger partial charge in [0.05, 0.1) is 6.54 Å². The van der Waals surface area contributed by atoms with Gasteiger partial charge in [0, 0.05) is 28.6 Å². The van der Waals surface area contributed by atoms with Gasteiger partial charge in [-0.2, -0.15) is 0 Å². The van der Waals surface area contributed by atoms with E-state index in [1.807, 2.05) is 26.1 Å². The van der Waals surface area contributed by atoms with Crippen molar-refractivity contribution in [1.82, 2.24) is 4.57 Å². The number of aromatic nitrogens is 1. The van der Waals surface area contributed by atoms with Crippen molar-refractivity contribution in [2.45, 2.75) is 13.5 Å². The minimum absolute atomic E-state index is 0.420. The van der Waals surface area contributed by atoms with Crippen LogP contribution in [0.2, 0.25) is 0 Å². The molecular weight excluding hydrogens is 188 g/mol. The van der Waals surface area contributed by atoms with Crippen LogP contribution in [0.5, 0.6) is 0 Å². The van der Waals surface area contributed by atoms with Crippen LogP contribution < -0.4 is 0 Å². The predicted octanol–water partition coefficient (Wildman–Crippen LogP) is 3.30. The Kier molecular flexibility index (Phi) is 2.35. The largest absolute Gasteiger partial charge is 0.348 e. The third-order valence-corrected chi connectivity index (χ3v) is 2.82. The van der Waals surface area contributed by atoms with Gasteiger partial charge in [-0.3, -0.25) is 0 Å². The Hall–Kier alpha value is -1.93. The third kappa shape index (κ3) is 1.45. The quantitative estimate of drug-likeness (QED) is 0.406. The van der Waals surface area contributed by atoms with Crippen LogP contribution in [-0.2, 0) is 13.6 Å². The lowest BCUT2D eigenvalue weighted by atomic mass is 10.1. The minimum atomic E-state index is 0.420. The second-order valence-electron chi connectivity index (χ2n) is 3.53. The number of para-hydroxylation sites is 1. The molecule has 0 N–H and O–H groups in total. The zero-order valence-corrected chi connectivity index (χ0v) is 8.81. The highest BCUT2D eigenvalue weighted by Crippen LogP contribution is 2.25. The number of rotatable bonds is 2. The fraction of sp³-hybridized carbons (Fsp3) is 0.273. The minimum Gasteiger partial charge on any atom is -0.348 e. The third-order valence-electron chi connectivity index (χ3n) is 2.82. The molecule has 4 heteroatoms. The maximum absolute atomic E-state index is 8.35. The Morgan fingerprint density at radius 2 is 2.13 bits per heavy atom. The molecule has 1 aromatic heterocycles. The predicted molar refractivity (Wildman–Crippen MR) is 60.5 cm³/mol. The Morgan fingerprint density at radius 3 is 2.87 bits per heavy atom. The number of nitrogens with zero attached hydrogens (tertiary/aromatic N) is 4. The molecule has 0 atom stereocenters. The van der Waals surface area contributed by atoms with Crippen molar-refractivity contribution in [2.24, 2.45) is 12.2 Å². The highest BCUT2D eigenvalue weighted by atomic mass is 15.1. The molecule has 0 unspecified atom stereocenters. The normalized spacial score (nSPS) is 10.3. The summed E-state index contributed by atoms with van der Waals surface area (Å²) in [5, 5.41) is 4.80. The summed E-state index contributed by atoms with van der Waals surface area (Å²) in [5.74, 6) is 0. The molecule has 76 valence electrons. The highest BCUT2D eigenvalue weighted by Gasteiger charge is 2.09. The standard InChI is InChI=1S/C11H12N4/c1-8-10(7-13-14-12)9-5-3-4-6-11(9)15(8)2/h3-6H,7H2,1-2H3. The van der Waals surface area contributed by atoms with E-state index in [0.29, 0.717) is 6.54 Å². The van der Waals surface area contributed by atoms with Gasteiger partial charge in [-0.15, -0.1) is 0 Å². The van der Waals surface area contributed by atoms with Crippen LogP contribution in [0.4, 0.5) is 0 Å². The molecule has 1 heterocycles. The molecule has 0 amide bonds. The molecule has 0 aliphatic rings. The summed E-state index contributed by atoms with van der Waals surface area (Å²) in [5.41, 5.74) is 11.8. The van der Waals surface area contributed by atoms with Crippen molar-refractivity contribution in [3.63, 3.8) is 0 Å². The van der Waals surface area contributed by atoms with Crippen molar-refractivity contribution in [3.05, 3.63) is 46.0 Å².